The molecule has 0 aliphatic heterocycles. The molecule has 30 heavy (non-hydrogen) atoms. The molecule has 1 aromatic heterocycles. The van der Waals surface area contributed by atoms with Gasteiger partial charge >= 0.3 is 0 Å². The van der Waals surface area contributed by atoms with Crippen LogP contribution in [0.2, 0.25) is 0 Å². The fourth-order valence-electron chi connectivity index (χ4n) is 3.41. The monoisotopic (exact) mass is 413 g/mol. The predicted octanol–water partition coefficient (Wildman–Crippen LogP) is 4.73. The number of carbonyl (C=O) groups is 1. The highest BCUT2D eigenvalue weighted by atomic mass is 32.2. The molecule has 3 aromatic carbocycles. The Labute approximate surface area is 175 Å². The third kappa shape index (κ3) is 3.42. The van der Waals surface area contributed by atoms with Crippen LogP contribution in [0.4, 0.5) is 0 Å². The van der Waals surface area contributed by atoms with Gasteiger partial charge in [-0.1, -0.05) is 60.0 Å². The first-order valence-electron chi connectivity index (χ1n) is 9.43. The van der Waals surface area contributed by atoms with Gasteiger partial charge in [-0.05, 0) is 55.7 Å². The van der Waals surface area contributed by atoms with Crippen molar-refractivity contribution in [2.45, 2.75) is 18.7 Å². The molecule has 148 valence electrons. The van der Waals surface area contributed by atoms with Gasteiger partial charge < -0.3 is 0 Å². The second kappa shape index (κ2) is 7.66. The molecule has 0 unspecified atom stereocenters. The third-order valence-electron chi connectivity index (χ3n) is 4.95. The zero-order valence-electron chi connectivity index (χ0n) is 16.6. The number of ketones is 1. The quantitative estimate of drug-likeness (QED) is 0.360. The lowest BCUT2D eigenvalue weighted by molar-refractivity contribution is 0.105. The highest BCUT2D eigenvalue weighted by Crippen LogP contribution is 2.30. The smallest absolute Gasteiger partial charge is 0.268 e. The van der Waals surface area contributed by atoms with E-state index in [4.69, 9.17) is 0 Å². The Balaban J connectivity index is 1.95. The van der Waals surface area contributed by atoms with Crippen LogP contribution in [-0.4, -0.2) is 18.2 Å². The number of fused-ring (bicyclic) bond motifs is 1. The average Bonchev–Trinajstić information content (AvgIpc) is 3.06. The minimum absolute atomic E-state index is 0.0696. The van der Waals surface area contributed by atoms with Crippen molar-refractivity contribution >= 4 is 26.7 Å². The van der Waals surface area contributed by atoms with E-state index in [9.17, 15) is 13.2 Å². The standard InChI is InChI=1S/C25H19NO3S/c1-18-12-15-21(16-13-18)30(28,29)26-23-11-7-6-10-22(23)19(2)25(26)24(27)17-14-20-8-4-3-5-9-20/h3-13,15-16H,1-2H3. The number of Topliss-reactive ketones (excluding diaryl/α,β-unsaturated/α-hetero) is 1. The van der Waals surface area contributed by atoms with E-state index in [0.717, 1.165) is 9.54 Å². The van der Waals surface area contributed by atoms with Gasteiger partial charge in [-0.15, -0.1) is 0 Å². The maximum Gasteiger partial charge on any atom is 0.268 e. The van der Waals surface area contributed by atoms with Crippen LogP contribution in [0.1, 0.15) is 27.2 Å². The Morgan fingerprint density at radius 3 is 2.17 bits per heavy atom. The number of aromatic nitrogens is 1. The maximum absolute atomic E-state index is 13.5. The summed E-state index contributed by atoms with van der Waals surface area (Å²) in [5.74, 6) is 4.91. The molecule has 0 atom stereocenters. The van der Waals surface area contributed by atoms with Crippen LogP contribution in [-0.2, 0) is 10.0 Å². The lowest BCUT2D eigenvalue weighted by Crippen LogP contribution is -2.18. The van der Waals surface area contributed by atoms with Crippen molar-refractivity contribution in [3.8, 4) is 11.8 Å². The summed E-state index contributed by atoms with van der Waals surface area (Å²) in [6.07, 6.45) is 0. The van der Waals surface area contributed by atoms with Crippen LogP contribution in [0.25, 0.3) is 10.9 Å². The van der Waals surface area contributed by atoms with E-state index in [2.05, 4.69) is 11.8 Å². The molecule has 0 amide bonds. The predicted molar refractivity (Wildman–Crippen MR) is 118 cm³/mol. The number of carbonyl (C=O) groups excluding carboxylic acids is 1. The van der Waals surface area contributed by atoms with Crippen LogP contribution >= 0.6 is 0 Å². The number of hydrogen-bond acceptors (Lipinski definition) is 3. The Bertz CT molecular complexity index is 1420. The Kier molecular flexibility index (Phi) is 5.03. The SMILES string of the molecule is Cc1ccc(S(=O)(=O)n2c(C(=O)C#Cc3ccccc3)c(C)c3ccccc32)cc1. The van der Waals surface area contributed by atoms with Gasteiger partial charge in [0.05, 0.1) is 10.4 Å². The van der Waals surface area contributed by atoms with E-state index < -0.39 is 15.8 Å². The van der Waals surface area contributed by atoms with Gasteiger partial charge in [0.2, 0.25) is 0 Å². The molecular formula is C25H19NO3S. The molecule has 4 rings (SSSR count). The zero-order chi connectivity index (χ0) is 21.3. The van der Waals surface area contributed by atoms with E-state index in [-0.39, 0.29) is 10.6 Å². The highest BCUT2D eigenvalue weighted by molar-refractivity contribution is 7.90. The van der Waals surface area contributed by atoms with Gasteiger partial charge in [0.15, 0.2) is 0 Å². The average molecular weight is 413 g/mol. The number of hydrogen-bond donors (Lipinski definition) is 0. The van der Waals surface area contributed by atoms with Gasteiger partial charge in [-0.25, -0.2) is 12.4 Å². The normalized spacial score (nSPS) is 11.1. The number of rotatable bonds is 3. The molecule has 0 fully saturated rings. The Morgan fingerprint density at radius 1 is 0.833 bits per heavy atom. The topological polar surface area (TPSA) is 56.1 Å². The number of benzene rings is 3. The minimum atomic E-state index is -3.99. The summed E-state index contributed by atoms with van der Waals surface area (Å²) in [7, 11) is -3.99. The molecule has 5 heteroatoms. The van der Waals surface area contributed by atoms with Crippen molar-refractivity contribution in [3.05, 3.63) is 101 Å². The molecule has 0 radical (unpaired) electrons. The van der Waals surface area contributed by atoms with Crippen molar-refractivity contribution in [1.29, 1.82) is 0 Å². The fraction of sp³-hybridized carbons (Fsp3) is 0.0800. The van der Waals surface area contributed by atoms with E-state index >= 15 is 0 Å². The van der Waals surface area contributed by atoms with Crippen molar-refractivity contribution < 1.29 is 13.2 Å². The molecule has 0 saturated heterocycles. The lowest BCUT2D eigenvalue weighted by Gasteiger charge is -2.11. The van der Waals surface area contributed by atoms with Crippen LogP contribution < -0.4 is 0 Å². The fourth-order valence-corrected chi connectivity index (χ4v) is 4.97. The van der Waals surface area contributed by atoms with Crippen LogP contribution in [0.5, 0.6) is 0 Å². The van der Waals surface area contributed by atoms with Gasteiger partial charge in [0, 0.05) is 10.9 Å². The molecule has 4 nitrogen and oxygen atoms in total. The molecule has 0 saturated carbocycles. The molecule has 0 aliphatic rings. The van der Waals surface area contributed by atoms with Crippen LogP contribution in [0.3, 0.4) is 0 Å². The Hall–Kier alpha value is -3.62. The lowest BCUT2D eigenvalue weighted by atomic mass is 10.1. The summed E-state index contributed by atoms with van der Waals surface area (Å²) >= 11 is 0. The second-order valence-electron chi connectivity index (χ2n) is 7.02. The van der Waals surface area contributed by atoms with Gasteiger partial charge in [0.1, 0.15) is 5.69 Å². The first-order valence-corrected chi connectivity index (χ1v) is 10.9. The van der Waals surface area contributed by atoms with Crippen molar-refractivity contribution in [2.75, 3.05) is 0 Å². The first kappa shape index (κ1) is 19.7. The summed E-state index contributed by atoms with van der Waals surface area (Å²) in [6.45, 7) is 3.64. The van der Waals surface area contributed by atoms with Gasteiger partial charge in [-0.3, -0.25) is 4.79 Å². The summed E-state index contributed by atoms with van der Waals surface area (Å²) in [6, 6.07) is 22.8. The maximum atomic E-state index is 13.5. The zero-order valence-corrected chi connectivity index (χ0v) is 17.4. The molecular weight excluding hydrogens is 394 g/mol. The largest absolute Gasteiger partial charge is 0.277 e. The van der Waals surface area contributed by atoms with Crippen LogP contribution in [0, 0.1) is 25.7 Å². The van der Waals surface area contributed by atoms with Crippen molar-refractivity contribution in [3.63, 3.8) is 0 Å². The Morgan fingerprint density at radius 2 is 1.47 bits per heavy atom. The van der Waals surface area contributed by atoms with Gasteiger partial charge in [0.25, 0.3) is 15.8 Å². The van der Waals surface area contributed by atoms with E-state index in [0.29, 0.717) is 22.0 Å². The van der Waals surface area contributed by atoms with Crippen LogP contribution in [0.15, 0.2) is 83.8 Å². The third-order valence-corrected chi connectivity index (χ3v) is 6.68. The summed E-state index contributed by atoms with van der Waals surface area (Å²) < 4.78 is 28.2. The molecule has 0 bridgehead atoms. The van der Waals surface area contributed by atoms with Gasteiger partial charge in [-0.2, -0.15) is 0 Å². The summed E-state index contributed by atoms with van der Waals surface area (Å²) in [5, 5.41) is 0.707. The van der Waals surface area contributed by atoms with Crippen molar-refractivity contribution in [1.82, 2.24) is 3.97 Å². The molecule has 0 spiro atoms. The number of para-hydroxylation sites is 1. The number of nitrogens with zero attached hydrogens (tertiary/aromatic N) is 1. The van der Waals surface area contributed by atoms with E-state index in [1.807, 2.05) is 37.3 Å². The summed E-state index contributed by atoms with van der Waals surface area (Å²) in [4.78, 5) is 13.2. The molecule has 0 aliphatic carbocycles. The first-order chi connectivity index (χ1) is 14.4. The summed E-state index contributed by atoms with van der Waals surface area (Å²) in [5.41, 5.74) is 2.76. The second-order valence-corrected chi connectivity index (χ2v) is 8.81. The number of aryl methyl sites for hydroxylation is 2. The van der Waals surface area contributed by atoms with E-state index in [1.165, 1.54) is 0 Å². The van der Waals surface area contributed by atoms with E-state index in [1.54, 1.807) is 55.5 Å². The highest BCUT2D eigenvalue weighted by Gasteiger charge is 2.28. The van der Waals surface area contributed by atoms with Crippen molar-refractivity contribution in [2.24, 2.45) is 0 Å². The molecule has 4 aromatic rings. The molecule has 0 N–H and O–H groups in total. The minimum Gasteiger partial charge on any atom is -0.277 e. The molecule has 1 heterocycles.